The first kappa shape index (κ1) is 13.3. The van der Waals surface area contributed by atoms with Crippen LogP contribution >= 0.6 is 0 Å². The van der Waals surface area contributed by atoms with Gasteiger partial charge in [0.25, 0.3) is 0 Å². The van der Waals surface area contributed by atoms with E-state index in [-0.39, 0.29) is 18.7 Å². The molecule has 4 heteroatoms. The Morgan fingerprint density at radius 3 is 2.56 bits per heavy atom. The first-order chi connectivity index (χ1) is 7.65. The Kier molecular flexibility index (Phi) is 5.60. The molecule has 0 saturated heterocycles. The summed E-state index contributed by atoms with van der Waals surface area (Å²) in [6, 6.07) is 0.270. The van der Waals surface area contributed by atoms with E-state index >= 15 is 0 Å². The summed E-state index contributed by atoms with van der Waals surface area (Å²) in [6.45, 7) is 4.88. The van der Waals surface area contributed by atoms with E-state index < -0.39 is 0 Å². The molecular formula is C12H23NO3. The topological polar surface area (TPSA) is 49.8 Å². The maximum Gasteiger partial charge on any atom is 0.410 e. The van der Waals surface area contributed by atoms with Gasteiger partial charge in [-0.2, -0.15) is 0 Å². The summed E-state index contributed by atoms with van der Waals surface area (Å²) in [7, 11) is 0. The normalized spacial score (nSPS) is 16.8. The van der Waals surface area contributed by atoms with Crippen molar-refractivity contribution in [3.63, 3.8) is 0 Å². The minimum absolute atomic E-state index is 0.00722. The Labute approximate surface area is 97.6 Å². The van der Waals surface area contributed by atoms with E-state index in [1.165, 1.54) is 12.8 Å². The predicted octanol–water partition coefficient (Wildman–Crippen LogP) is 2.02. The highest BCUT2D eigenvalue weighted by Gasteiger charge is 2.27. The van der Waals surface area contributed by atoms with E-state index in [1.807, 2.05) is 13.8 Å². The molecular weight excluding hydrogens is 206 g/mol. The fourth-order valence-electron chi connectivity index (χ4n) is 2.07. The molecule has 0 unspecified atom stereocenters. The summed E-state index contributed by atoms with van der Waals surface area (Å²) in [5.74, 6) is 0.350. The zero-order chi connectivity index (χ0) is 12.0. The maximum atomic E-state index is 11.8. The SMILES string of the molecule is CC(C)COC(=O)N(CCO)C1CCCC1. The van der Waals surface area contributed by atoms with Crippen molar-refractivity contribution >= 4 is 6.09 Å². The van der Waals surface area contributed by atoms with Crippen LogP contribution in [0.5, 0.6) is 0 Å². The van der Waals surface area contributed by atoms with Gasteiger partial charge in [-0.25, -0.2) is 4.79 Å². The molecule has 0 bridgehead atoms. The summed E-state index contributed by atoms with van der Waals surface area (Å²) in [5.41, 5.74) is 0. The highest BCUT2D eigenvalue weighted by molar-refractivity contribution is 5.68. The highest BCUT2D eigenvalue weighted by Crippen LogP contribution is 2.23. The van der Waals surface area contributed by atoms with Crippen molar-refractivity contribution in [2.24, 2.45) is 5.92 Å². The molecule has 16 heavy (non-hydrogen) atoms. The first-order valence-corrected chi connectivity index (χ1v) is 6.19. The zero-order valence-corrected chi connectivity index (χ0v) is 10.3. The summed E-state index contributed by atoms with van der Waals surface area (Å²) < 4.78 is 5.21. The third kappa shape index (κ3) is 4.00. The van der Waals surface area contributed by atoms with E-state index in [9.17, 15) is 4.79 Å². The maximum absolute atomic E-state index is 11.8. The average molecular weight is 229 g/mol. The van der Waals surface area contributed by atoms with Crippen molar-refractivity contribution in [2.75, 3.05) is 19.8 Å². The van der Waals surface area contributed by atoms with Crippen molar-refractivity contribution in [1.29, 1.82) is 0 Å². The van der Waals surface area contributed by atoms with Crippen LogP contribution in [0.3, 0.4) is 0 Å². The molecule has 1 fully saturated rings. The molecule has 0 aromatic rings. The average Bonchev–Trinajstić information content (AvgIpc) is 2.75. The third-order valence-electron chi connectivity index (χ3n) is 2.88. The number of ether oxygens (including phenoxy) is 1. The van der Waals surface area contributed by atoms with E-state index in [4.69, 9.17) is 9.84 Å². The molecule has 1 N–H and O–H groups in total. The molecule has 0 aromatic carbocycles. The van der Waals surface area contributed by atoms with E-state index in [0.29, 0.717) is 19.1 Å². The van der Waals surface area contributed by atoms with Gasteiger partial charge in [-0.15, -0.1) is 0 Å². The molecule has 1 aliphatic rings. The lowest BCUT2D eigenvalue weighted by Crippen LogP contribution is -2.41. The molecule has 0 radical (unpaired) electrons. The van der Waals surface area contributed by atoms with Crippen LogP contribution in [0.2, 0.25) is 0 Å². The molecule has 1 saturated carbocycles. The minimum atomic E-state index is -0.269. The molecule has 1 rings (SSSR count). The molecule has 94 valence electrons. The standard InChI is InChI=1S/C12H23NO3/c1-10(2)9-16-12(15)13(7-8-14)11-5-3-4-6-11/h10-11,14H,3-9H2,1-2H3. The zero-order valence-electron chi connectivity index (χ0n) is 10.3. The smallest absolute Gasteiger partial charge is 0.410 e. The Bertz CT molecular complexity index is 212. The molecule has 0 heterocycles. The van der Waals surface area contributed by atoms with Crippen LogP contribution in [0.25, 0.3) is 0 Å². The monoisotopic (exact) mass is 229 g/mol. The van der Waals surface area contributed by atoms with Gasteiger partial charge >= 0.3 is 6.09 Å². The molecule has 0 aliphatic heterocycles. The van der Waals surface area contributed by atoms with E-state index in [1.54, 1.807) is 4.90 Å². The molecule has 0 spiro atoms. The number of carbonyl (C=O) groups is 1. The Morgan fingerprint density at radius 1 is 1.44 bits per heavy atom. The number of hydrogen-bond acceptors (Lipinski definition) is 3. The number of amides is 1. The fraction of sp³-hybridized carbons (Fsp3) is 0.917. The van der Waals surface area contributed by atoms with Gasteiger partial charge in [0.1, 0.15) is 0 Å². The lowest BCUT2D eigenvalue weighted by atomic mass is 10.2. The largest absolute Gasteiger partial charge is 0.449 e. The predicted molar refractivity (Wildman–Crippen MR) is 62.2 cm³/mol. The highest BCUT2D eigenvalue weighted by atomic mass is 16.6. The summed E-state index contributed by atoms with van der Waals surface area (Å²) in [5, 5.41) is 8.97. The molecule has 0 atom stereocenters. The number of hydrogen-bond donors (Lipinski definition) is 1. The Hall–Kier alpha value is -0.770. The van der Waals surface area contributed by atoms with Gasteiger partial charge < -0.3 is 14.7 Å². The molecule has 1 aliphatic carbocycles. The van der Waals surface area contributed by atoms with E-state index in [0.717, 1.165) is 12.8 Å². The number of aliphatic hydroxyl groups is 1. The van der Waals surface area contributed by atoms with Gasteiger partial charge in [0.15, 0.2) is 0 Å². The summed E-state index contributed by atoms with van der Waals surface area (Å²) in [6.07, 6.45) is 4.15. The lowest BCUT2D eigenvalue weighted by molar-refractivity contribution is 0.0697. The van der Waals surface area contributed by atoms with Crippen molar-refractivity contribution in [1.82, 2.24) is 4.90 Å². The number of rotatable bonds is 5. The van der Waals surface area contributed by atoms with Crippen molar-refractivity contribution in [3.05, 3.63) is 0 Å². The van der Waals surface area contributed by atoms with Crippen LogP contribution in [-0.2, 0) is 4.74 Å². The fourth-order valence-corrected chi connectivity index (χ4v) is 2.07. The van der Waals surface area contributed by atoms with Gasteiger partial charge in [-0.1, -0.05) is 26.7 Å². The van der Waals surface area contributed by atoms with Gasteiger partial charge in [-0.3, -0.25) is 0 Å². The lowest BCUT2D eigenvalue weighted by Gasteiger charge is -2.27. The minimum Gasteiger partial charge on any atom is -0.449 e. The van der Waals surface area contributed by atoms with E-state index in [2.05, 4.69) is 0 Å². The second-order valence-corrected chi connectivity index (χ2v) is 4.83. The second-order valence-electron chi connectivity index (χ2n) is 4.83. The third-order valence-corrected chi connectivity index (χ3v) is 2.88. The second kappa shape index (κ2) is 6.74. The number of aliphatic hydroxyl groups excluding tert-OH is 1. The summed E-state index contributed by atoms with van der Waals surface area (Å²) in [4.78, 5) is 13.5. The first-order valence-electron chi connectivity index (χ1n) is 6.19. The van der Waals surface area contributed by atoms with Gasteiger partial charge in [0.2, 0.25) is 0 Å². The van der Waals surface area contributed by atoms with Crippen LogP contribution in [0.4, 0.5) is 4.79 Å². The van der Waals surface area contributed by atoms with Gasteiger partial charge in [0, 0.05) is 12.6 Å². The molecule has 0 aromatic heterocycles. The number of carbonyl (C=O) groups excluding carboxylic acids is 1. The number of nitrogens with zero attached hydrogens (tertiary/aromatic N) is 1. The van der Waals surface area contributed by atoms with Crippen LogP contribution in [0.1, 0.15) is 39.5 Å². The van der Waals surface area contributed by atoms with Crippen LogP contribution in [0.15, 0.2) is 0 Å². The molecule has 4 nitrogen and oxygen atoms in total. The van der Waals surface area contributed by atoms with Crippen molar-refractivity contribution in [2.45, 2.75) is 45.6 Å². The van der Waals surface area contributed by atoms with Crippen molar-refractivity contribution in [3.8, 4) is 0 Å². The van der Waals surface area contributed by atoms with Crippen LogP contribution in [-0.4, -0.2) is 41.9 Å². The van der Waals surface area contributed by atoms with Crippen molar-refractivity contribution < 1.29 is 14.6 Å². The Balaban J connectivity index is 2.44. The summed E-state index contributed by atoms with van der Waals surface area (Å²) >= 11 is 0. The Morgan fingerprint density at radius 2 is 2.06 bits per heavy atom. The van der Waals surface area contributed by atoms with Gasteiger partial charge in [-0.05, 0) is 18.8 Å². The van der Waals surface area contributed by atoms with Crippen LogP contribution < -0.4 is 0 Å². The molecule has 1 amide bonds. The quantitative estimate of drug-likeness (QED) is 0.784. The van der Waals surface area contributed by atoms with Crippen LogP contribution in [0, 0.1) is 5.92 Å². The van der Waals surface area contributed by atoms with Gasteiger partial charge in [0.05, 0.1) is 13.2 Å².